The second kappa shape index (κ2) is 5.77. The number of halogens is 3. The fraction of sp³-hybridized carbons (Fsp3) is 0.438. The molecule has 2 aromatic heterocycles. The van der Waals surface area contributed by atoms with Crippen molar-refractivity contribution in [1.29, 1.82) is 0 Å². The average Bonchev–Trinajstić information content (AvgIpc) is 3.19. The van der Waals surface area contributed by atoms with Crippen LogP contribution in [0.4, 0.5) is 18.3 Å². The monoisotopic (exact) mass is 368 g/mol. The molecule has 3 heterocycles. The molecule has 1 aliphatic heterocycles. The standard InChI is InChI=1S/C16H15F3N4OS/c17-16(18,19)15(24)10-5-1-2-6-11(10)22-23(15)14-21-13(9-25-14)12-7-3-4-8-20-12/h3-4,7-10,24H,1-2,5-6H2/t10-,15-/m0/s1. The van der Waals surface area contributed by atoms with Crippen LogP contribution in [0.5, 0.6) is 0 Å². The van der Waals surface area contributed by atoms with Crippen molar-refractivity contribution in [2.75, 3.05) is 5.01 Å². The number of alkyl halides is 3. The predicted molar refractivity (Wildman–Crippen MR) is 88.2 cm³/mol. The Hall–Kier alpha value is -2.00. The highest BCUT2D eigenvalue weighted by atomic mass is 32.1. The molecule has 2 aromatic rings. The van der Waals surface area contributed by atoms with Crippen LogP contribution in [0, 0.1) is 5.92 Å². The fourth-order valence-corrected chi connectivity index (χ4v) is 4.22. The largest absolute Gasteiger partial charge is 0.439 e. The number of hydrogen-bond donors (Lipinski definition) is 1. The SMILES string of the molecule is O[C@]1(C(F)(F)F)[C@H]2CCCCC2=NN1c1nc(-c2ccccn2)cs1. The van der Waals surface area contributed by atoms with Crippen LogP contribution in [-0.4, -0.2) is 32.7 Å². The summed E-state index contributed by atoms with van der Waals surface area (Å²) >= 11 is 1.01. The van der Waals surface area contributed by atoms with Crippen molar-refractivity contribution in [1.82, 2.24) is 9.97 Å². The number of fused-ring (bicyclic) bond motifs is 1. The molecule has 4 rings (SSSR count). The minimum Gasteiger partial charge on any atom is -0.362 e. The van der Waals surface area contributed by atoms with Crippen molar-refractivity contribution >= 4 is 22.2 Å². The molecular formula is C16H15F3N4OS. The van der Waals surface area contributed by atoms with Crippen molar-refractivity contribution in [2.45, 2.75) is 37.6 Å². The number of nitrogens with zero attached hydrogens (tertiary/aromatic N) is 4. The number of hydrazone groups is 1. The van der Waals surface area contributed by atoms with Gasteiger partial charge in [0.2, 0.25) is 5.13 Å². The maximum absolute atomic E-state index is 13.8. The third-order valence-electron chi connectivity index (χ3n) is 4.63. The van der Waals surface area contributed by atoms with E-state index >= 15 is 0 Å². The van der Waals surface area contributed by atoms with Crippen LogP contribution in [0.2, 0.25) is 0 Å². The van der Waals surface area contributed by atoms with Crippen molar-refractivity contribution in [3.8, 4) is 11.4 Å². The van der Waals surface area contributed by atoms with Gasteiger partial charge in [-0.15, -0.1) is 11.3 Å². The zero-order valence-electron chi connectivity index (χ0n) is 13.1. The highest BCUT2D eigenvalue weighted by Gasteiger charge is 2.67. The van der Waals surface area contributed by atoms with Crippen molar-refractivity contribution < 1.29 is 18.3 Å². The third-order valence-corrected chi connectivity index (χ3v) is 5.45. The van der Waals surface area contributed by atoms with Gasteiger partial charge in [-0.3, -0.25) is 4.98 Å². The highest BCUT2D eigenvalue weighted by molar-refractivity contribution is 7.14. The molecular weight excluding hydrogens is 353 g/mol. The van der Waals surface area contributed by atoms with Gasteiger partial charge in [-0.05, 0) is 31.4 Å². The van der Waals surface area contributed by atoms with E-state index in [-0.39, 0.29) is 11.6 Å². The molecule has 0 radical (unpaired) electrons. The van der Waals surface area contributed by atoms with E-state index in [0.717, 1.165) is 17.8 Å². The van der Waals surface area contributed by atoms with Gasteiger partial charge in [0, 0.05) is 17.3 Å². The number of aliphatic hydroxyl groups is 1. The van der Waals surface area contributed by atoms with Gasteiger partial charge < -0.3 is 5.11 Å². The van der Waals surface area contributed by atoms with Crippen molar-refractivity contribution in [2.24, 2.45) is 11.0 Å². The number of pyridine rings is 1. The first kappa shape index (κ1) is 16.5. The number of aromatic nitrogens is 2. The molecule has 1 N–H and O–H groups in total. The molecule has 0 aromatic carbocycles. The Morgan fingerprint density at radius 1 is 1.24 bits per heavy atom. The van der Waals surface area contributed by atoms with E-state index < -0.39 is 17.8 Å². The van der Waals surface area contributed by atoms with Crippen LogP contribution in [0.1, 0.15) is 25.7 Å². The van der Waals surface area contributed by atoms with Crippen LogP contribution in [0.3, 0.4) is 0 Å². The Bertz CT molecular complexity index is 807. The van der Waals surface area contributed by atoms with Gasteiger partial charge in [0.1, 0.15) is 5.69 Å². The normalized spacial score (nSPS) is 26.5. The molecule has 1 fully saturated rings. The Morgan fingerprint density at radius 3 is 2.80 bits per heavy atom. The van der Waals surface area contributed by atoms with Crippen LogP contribution in [-0.2, 0) is 0 Å². The molecule has 0 unspecified atom stereocenters. The zero-order valence-corrected chi connectivity index (χ0v) is 13.9. The number of anilines is 1. The lowest BCUT2D eigenvalue weighted by Crippen LogP contribution is -2.60. The summed E-state index contributed by atoms with van der Waals surface area (Å²) < 4.78 is 41.3. The predicted octanol–water partition coefficient (Wildman–Crippen LogP) is 3.82. The number of thiazole rings is 1. The summed E-state index contributed by atoms with van der Waals surface area (Å²) in [6, 6.07) is 5.25. The van der Waals surface area contributed by atoms with Gasteiger partial charge in [0.05, 0.1) is 11.6 Å². The van der Waals surface area contributed by atoms with Crippen molar-refractivity contribution in [3.05, 3.63) is 29.8 Å². The molecule has 1 aliphatic carbocycles. The van der Waals surface area contributed by atoms with E-state index in [1.165, 1.54) is 0 Å². The van der Waals surface area contributed by atoms with Gasteiger partial charge in [-0.25, -0.2) is 4.98 Å². The van der Waals surface area contributed by atoms with E-state index in [1.54, 1.807) is 29.8 Å². The maximum Gasteiger partial charge on any atom is 0.439 e. The molecule has 5 nitrogen and oxygen atoms in total. The lowest BCUT2D eigenvalue weighted by Gasteiger charge is -2.38. The molecule has 0 bridgehead atoms. The van der Waals surface area contributed by atoms with Gasteiger partial charge in [0.25, 0.3) is 5.72 Å². The van der Waals surface area contributed by atoms with Gasteiger partial charge in [-0.1, -0.05) is 12.5 Å². The quantitative estimate of drug-likeness (QED) is 0.875. The first-order chi connectivity index (χ1) is 11.9. The number of hydrogen-bond acceptors (Lipinski definition) is 6. The Labute approximate surface area is 145 Å². The second-order valence-corrected chi connectivity index (χ2v) is 6.99. The summed E-state index contributed by atoms with van der Waals surface area (Å²) in [5, 5.41) is 17.1. The van der Waals surface area contributed by atoms with Crippen LogP contribution in [0.25, 0.3) is 11.4 Å². The smallest absolute Gasteiger partial charge is 0.362 e. The summed E-state index contributed by atoms with van der Waals surface area (Å²) in [6.07, 6.45) is -1.08. The lowest BCUT2D eigenvalue weighted by atomic mass is 9.80. The molecule has 9 heteroatoms. The van der Waals surface area contributed by atoms with E-state index in [0.29, 0.717) is 35.0 Å². The van der Waals surface area contributed by atoms with E-state index in [9.17, 15) is 18.3 Å². The molecule has 1 saturated carbocycles. The minimum atomic E-state index is -4.84. The van der Waals surface area contributed by atoms with Crippen molar-refractivity contribution in [3.63, 3.8) is 0 Å². The molecule has 2 aliphatic rings. The lowest BCUT2D eigenvalue weighted by molar-refractivity contribution is -0.269. The van der Waals surface area contributed by atoms with Gasteiger partial charge in [-0.2, -0.15) is 23.3 Å². The average molecular weight is 368 g/mol. The molecule has 2 atom stereocenters. The van der Waals surface area contributed by atoms with Crippen LogP contribution >= 0.6 is 11.3 Å². The van der Waals surface area contributed by atoms with E-state index in [4.69, 9.17) is 0 Å². The Kier molecular flexibility index (Phi) is 3.80. The topological polar surface area (TPSA) is 61.6 Å². The first-order valence-corrected chi connectivity index (χ1v) is 8.83. The third kappa shape index (κ3) is 2.53. The molecule has 0 amide bonds. The maximum atomic E-state index is 13.8. The summed E-state index contributed by atoms with van der Waals surface area (Å²) in [6.45, 7) is 0. The summed E-state index contributed by atoms with van der Waals surface area (Å²) in [5.74, 6) is -1.04. The fourth-order valence-electron chi connectivity index (χ4n) is 3.40. The van der Waals surface area contributed by atoms with Crippen LogP contribution < -0.4 is 5.01 Å². The Morgan fingerprint density at radius 2 is 2.08 bits per heavy atom. The van der Waals surface area contributed by atoms with Crippen LogP contribution in [0.15, 0.2) is 34.9 Å². The number of rotatable bonds is 2. The van der Waals surface area contributed by atoms with E-state index in [2.05, 4.69) is 15.1 Å². The first-order valence-electron chi connectivity index (χ1n) is 7.95. The second-order valence-electron chi connectivity index (χ2n) is 6.16. The van der Waals surface area contributed by atoms with E-state index in [1.807, 2.05) is 0 Å². The summed E-state index contributed by atoms with van der Waals surface area (Å²) in [7, 11) is 0. The molecule has 0 spiro atoms. The zero-order chi connectivity index (χ0) is 17.7. The molecule has 0 saturated heterocycles. The molecule has 25 heavy (non-hydrogen) atoms. The van der Waals surface area contributed by atoms with Gasteiger partial charge in [0.15, 0.2) is 0 Å². The summed E-state index contributed by atoms with van der Waals surface area (Å²) in [4.78, 5) is 8.40. The van der Waals surface area contributed by atoms with Gasteiger partial charge >= 0.3 is 6.18 Å². The minimum absolute atomic E-state index is 0.0161. The summed E-state index contributed by atoms with van der Waals surface area (Å²) in [5.41, 5.74) is -1.62. The Balaban J connectivity index is 1.75. The highest BCUT2D eigenvalue weighted by Crippen LogP contribution is 2.50. The molecule has 132 valence electrons.